The van der Waals surface area contributed by atoms with E-state index in [1.54, 1.807) is 14.5 Å². The number of rotatable bonds is 4. The highest BCUT2D eigenvalue weighted by atomic mass is 35.5. The van der Waals surface area contributed by atoms with Crippen LogP contribution in [-0.2, 0) is 40.7 Å². The predicted molar refractivity (Wildman–Crippen MR) is 148 cm³/mol. The van der Waals surface area contributed by atoms with Gasteiger partial charge in [0.2, 0.25) is 17.7 Å². The van der Waals surface area contributed by atoms with Crippen LogP contribution in [0.15, 0.2) is 30.3 Å². The third kappa shape index (κ3) is 7.79. The lowest BCUT2D eigenvalue weighted by Gasteiger charge is -2.27. The molecular formula is C27H38ClN7O4. The molecule has 0 saturated carbocycles. The van der Waals surface area contributed by atoms with Crippen LogP contribution in [0.1, 0.15) is 46.6 Å². The van der Waals surface area contributed by atoms with E-state index in [-0.39, 0.29) is 74.7 Å². The Bertz CT molecular complexity index is 1170. The molecule has 212 valence electrons. The topological polar surface area (TPSA) is 143 Å². The number of nitrogens with two attached hydrogens (primary N) is 1. The van der Waals surface area contributed by atoms with Gasteiger partial charge < -0.3 is 26.2 Å². The summed E-state index contributed by atoms with van der Waals surface area (Å²) in [5.74, 6) is -0.906. The molecule has 1 atom stereocenters. The second-order valence-corrected chi connectivity index (χ2v) is 9.90. The first-order valence-corrected chi connectivity index (χ1v) is 13.3. The monoisotopic (exact) mass is 559 g/mol. The highest BCUT2D eigenvalue weighted by molar-refractivity contribution is 5.94. The number of hydrogen-bond donors (Lipinski definition) is 3. The van der Waals surface area contributed by atoms with Crippen LogP contribution in [-0.4, -0.2) is 88.5 Å². The molecule has 1 aromatic heterocycles. The summed E-state index contributed by atoms with van der Waals surface area (Å²) in [5, 5.41) is 10.4. The van der Waals surface area contributed by atoms with Gasteiger partial charge in [-0.25, -0.2) is 0 Å². The first-order valence-electron chi connectivity index (χ1n) is 13.3. The van der Waals surface area contributed by atoms with Gasteiger partial charge in [0.15, 0.2) is 5.69 Å². The van der Waals surface area contributed by atoms with Gasteiger partial charge in [0, 0.05) is 56.9 Å². The molecule has 1 unspecified atom stereocenters. The molecule has 0 saturated heterocycles. The van der Waals surface area contributed by atoms with Crippen LogP contribution in [0.5, 0.6) is 0 Å². The van der Waals surface area contributed by atoms with Gasteiger partial charge in [0.05, 0.1) is 13.1 Å². The van der Waals surface area contributed by atoms with Crippen LogP contribution in [0.4, 0.5) is 0 Å². The average molecular weight is 560 g/mol. The fourth-order valence-electron chi connectivity index (χ4n) is 5.20. The van der Waals surface area contributed by atoms with Crippen LogP contribution in [0.3, 0.4) is 0 Å². The van der Waals surface area contributed by atoms with Gasteiger partial charge in [0.1, 0.15) is 0 Å². The van der Waals surface area contributed by atoms with Gasteiger partial charge in [-0.05, 0) is 37.7 Å². The lowest BCUT2D eigenvalue weighted by atomic mass is 9.91. The summed E-state index contributed by atoms with van der Waals surface area (Å²) in [6.07, 6.45) is 3.18. The third-order valence-corrected chi connectivity index (χ3v) is 7.25. The number of carbonyl (C=O) groups excluding carboxylic acids is 4. The normalized spacial score (nSPS) is 19.0. The summed E-state index contributed by atoms with van der Waals surface area (Å²) in [6, 6.07) is 9.70. The maximum atomic E-state index is 13.2. The summed E-state index contributed by atoms with van der Waals surface area (Å²) in [6.45, 7) is 1.08. The molecule has 1 aliphatic carbocycles. The molecule has 1 aromatic carbocycles. The molecule has 4 rings (SSSR count). The summed E-state index contributed by atoms with van der Waals surface area (Å²) < 4.78 is 1.73. The van der Waals surface area contributed by atoms with E-state index in [1.807, 2.05) is 37.4 Å². The summed E-state index contributed by atoms with van der Waals surface area (Å²) in [5.41, 5.74) is 8.85. The molecule has 0 fully saturated rings. The molecule has 4 N–H and O–H groups in total. The van der Waals surface area contributed by atoms with Crippen molar-refractivity contribution in [1.29, 1.82) is 0 Å². The van der Waals surface area contributed by atoms with Crippen molar-refractivity contribution in [3.63, 3.8) is 0 Å². The number of aromatic nitrogens is 2. The van der Waals surface area contributed by atoms with Gasteiger partial charge in [-0.3, -0.25) is 23.9 Å². The number of amides is 4. The van der Waals surface area contributed by atoms with E-state index in [0.29, 0.717) is 44.5 Å². The Hall–Kier alpha value is -3.44. The minimum atomic E-state index is -0.305. The van der Waals surface area contributed by atoms with E-state index in [4.69, 9.17) is 5.73 Å². The zero-order valence-electron chi connectivity index (χ0n) is 22.4. The van der Waals surface area contributed by atoms with Crippen molar-refractivity contribution in [3.8, 4) is 0 Å². The van der Waals surface area contributed by atoms with Gasteiger partial charge in [0.25, 0.3) is 5.91 Å². The Kier molecular flexibility index (Phi) is 10.9. The van der Waals surface area contributed by atoms with Crippen molar-refractivity contribution >= 4 is 36.0 Å². The predicted octanol–water partition coefficient (Wildman–Crippen LogP) is 0.198. The first-order chi connectivity index (χ1) is 18.4. The van der Waals surface area contributed by atoms with Gasteiger partial charge in [-0.2, -0.15) is 5.10 Å². The van der Waals surface area contributed by atoms with Gasteiger partial charge >= 0.3 is 0 Å². The van der Waals surface area contributed by atoms with Crippen LogP contribution in [0, 0.1) is 0 Å². The van der Waals surface area contributed by atoms with E-state index < -0.39 is 0 Å². The van der Waals surface area contributed by atoms with Crippen LogP contribution in [0.25, 0.3) is 0 Å². The number of nitrogens with zero attached hydrogens (tertiary/aromatic N) is 4. The van der Waals surface area contributed by atoms with E-state index >= 15 is 0 Å². The molecule has 4 amide bonds. The summed E-state index contributed by atoms with van der Waals surface area (Å²) >= 11 is 0. The number of benzene rings is 1. The van der Waals surface area contributed by atoms with E-state index in [2.05, 4.69) is 15.7 Å². The Morgan fingerprint density at radius 3 is 2.64 bits per heavy atom. The highest BCUT2D eigenvalue weighted by Crippen LogP contribution is 2.24. The fourth-order valence-corrected chi connectivity index (χ4v) is 5.20. The second-order valence-electron chi connectivity index (χ2n) is 9.90. The van der Waals surface area contributed by atoms with Crippen molar-refractivity contribution in [3.05, 3.63) is 52.8 Å². The van der Waals surface area contributed by atoms with Crippen molar-refractivity contribution in [2.45, 2.75) is 44.6 Å². The smallest absolute Gasteiger partial charge is 0.272 e. The molecule has 1 aliphatic heterocycles. The minimum Gasteiger partial charge on any atom is -0.351 e. The molecule has 0 spiro atoms. The Morgan fingerprint density at radius 1 is 1.13 bits per heavy atom. The molecule has 39 heavy (non-hydrogen) atoms. The van der Waals surface area contributed by atoms with Crippen LogP contribution in [0.2, 0.25) is 0 Å². The molecule has 2 heterocycles. The zero-order valence-corrected chi connectivity index (χ0v) is 23.2. The van der Waals surface area contributed by atoms with Gasteiger partial charge in [-0.15, -0.1) is 12.4 Å². The summed E-state index contributed by atoms with van der Waals surface area (Å²) in [4.78, 5) is 54.8. The Labute approximate surface area is 234 Å². The molecule has 0 radical (unpaired) electrons. The van der Waals surface area contributed by atoms with Gasteiger partial charge in [-0.1, -0.05) is 30.3 Å². The highest BCUT2D eigenvalue weighted by Gasteiger charge is 2.30. The average Bonchev–Trinajstić information content (AvgIpc) is 3.25. The van der Waals surface area contributed by atoms with Crippen LogP contribution < -0.4 is 16.4 Å². The summed E-state index contributed by atoms with van der Waals surface area (Å²) in [7, 11) is 1.82. The zero-order chi connectivity index (χ0) is 27.1. The Balaban J connectivity index is 0.00000420. The maximum Gasteiger partial charge on any atom is 0.272 e. The van der Waals surface area contributed by atoms with Crippen molar-refractivity contribution in [2.75, 3.05) is 39.3 Å². The van der Waals surface area contributed by atoms with E-state index in [9.17, 15) is 19.2 Å². The molecule has 2 aromatic rings. The third-order valence-electron chi connectivity index (χ3n) is 7.25. The number of nitrogens with one attached hydrogen (secondary N) is 2. The number of halogens is 1. The Morgan fingerprint density at radius 2 is 1.90 bits per heavy atom. The lowest BCUT2D eigenvalue weighted by Crippen LogP contribution is -2.46. The fraction of sp³-hybridized carbons (Fsp3) is 0.519. The van der Waals surface area contributed by atoms with Crippen LogP contribution >= 0.6 is 12.4 Å². The van der Waals surface area contributed by atoms with Crippen molar-refractivity contribution in [2.24, 2.45) is 12.8 Å². The first kappa shape index (κ1) is 30.1. The van der Waals surface area contributed by atoms with E-state index in [0.717, 1.165) is 23.2 Å². The molecular weight excluding hydrogens is 522 g/mol. The second kappa shape index (κ2) is 14.1. The number of aryl methyl sites for hydroxylation is 1. The molecule has 2 bridgehead atoms. The largest absolute Gasteiger partial charge is 0.351 e. The maximum absolute atomic E-state index is 13.2. The number of fused-ring (bicyclic) bond motifs is 1. The molecule has 2 aliphatic rings. The lowest BCUT2D eigenvalue weighted by molar-refractivity contribution is -0.136. The molecule has 12 heteroatoms. The minimum absolute atomic E-state index is 0. The number of hydrogen-bond acceptors (Lipinski definition) is 6. The number of carbonyl (C=O) groups is 4. The quantitative estimate of drug-likeness (QED) is 0.488. The SMILES string of the molecule is Cl.Cn1nc2c3c1CCC(C3)NC(=O)CN(CCc1ccccc1)C(=O)CCCN(C(=O)CN)CCNC2=O. The van der Waals surface area contributed by atoms with E-state index in [1.165, 1.54) is 0 Å². The van der Waals surface area contributed by atoms with Crippen molar-refractivity contribution in [1.82, 2.24) is 30.2 Å². The standard InChI is InChI=1S/C27H37N7O4.ClH/c1-32-22-10-9-20-16-21(22)26(31-32)27(38)29-12-15-33(25(37)17-28)13-5-8-24(36)34(18-23(35)30-20)14-11-19-6-3-2-4-7-19;/h2-4,6-7,20H,5,8-18,28H2,1H3,(H,29,38)(H,30,35);1H. The molecule has 11 nitrogen and oxygen atoms in total. The van der Waals surface area contributed by atoms with Crippen molar-refractivity contribution < 1.29 is 19.2 Å².